The normalized spacial score (nSPS) is 26.8. The molecule has 10 heteroatoms. The molecule has 0 amide bonds. The van der Waals surface area contributed by atoms with Crippen LogP contribution in [0.15, 0.2) is 12.1 Å². The Hall–Kier alpha value is -1.68. The third-order valence-corrected chi connectivity index (χ3v) is 6.36. The number of ether oxygens (including phenoxy) is 4. The first-order valence-corrected chi connectivity index (χ1v) is 11.3. The van der Waals surface area contributed by atoms with Crippen LogP contribution in [0.5, 0.6) is 11.5 Å². The largest absolute Gasteiger partial charge is 0.496 e. The van der Waals surface area contributed by atoms with Crippen LogP contribution in [0.25, 0.3) is 0 Å². The SMILES string of the molecule is CCCC1COC(C2CCC(COc3ccc(OC)c(C(F)(F)F)c3C(F)(F)F)CC2)OC1. The second kappa shape index (κ2) is 10.7. The lowest BCUT2D eigenvalue weighted by molar-refractivity contribution is -0.230. The Morgan fingerprint density at radius 2 is 1.39 bits per heavy atom. The molecule has 1 aliphatic carbocycles. The van der Waals surface area contributed by atoms with Crippen molar-refractivity contribution in [1.29, 1.82) is 0 Å². The van der Waals surface area contributed by atoms with Crippen LogP contribution in [0.2, 0.25) is 0 Å². The van der Waals surface area contributed by atoms with Gasteiger partial charge in [-0.05, 0) is 50.2 Å². The molecule has 1 saturated carbocycles. The third-order valence-electron chi connectivity index (χ3n) is 6.36. The fourth-order valence-electron chi connectivity index (χ4n) is 4.66. The number of alkyl halides is 6. The molecule has 4 nitrogen and oxygen atoms in total. The smallest absolute Gasteiger partial charge is 0.420 e. The maximum atomic E-state index is 13.6. The lowest BCUT2D eigenvalue weighted by atomic mass is 9.82. The Morgan fingerprint density at radius 1 is 0.848 bits per heavy atom. The predicted octanol–water partition coefficient (Wildman–Crippen LogP) is 6.71. The lowest BCUT2D eigenvalue weighted by Crippen LogP contribution is -2.38. The fraction of sp³-hybridized carbons (Fsp3) is 0.739. The Bertz CT molecular complexity index is 763. The highest BCUT2D eigenvalue weighted by Gasteiger charge is 2.48. The second-order valence-electron chi connectivity index (χ2n) is 8.79. The van der Waals surface area contributed by atoms with Crippen LogP contribution in [-0.2, 0) is 21.8 Å². The van der Waals surface area contributed by atoms with Crippen LogP contribution >= 0.6 is 0 Å². The molecular formula is C23H30F6O4. The van der Waals surface area contributed by atoms with Gasteiger partial charge < -0.3 is 18.9 Å². The second-order valence-corrected chi connectivity index (χ2v) is 8.79. The summed E-state index contributed by atoms with van der Waals surface area (Å²) in [4.78, 5) is 0. The molecule has 2 aliphatic rings. The Balaban J connectivity index is 1.61. The average Bonchev–Trinajstić information content (AvgIpc) is 2.77. The molecule has 1 heterocycles. The number of benzene rings is 1. The minimum absolute atomic E-state index is 0.0600. The summed E-state index contributed by atoms with van der Waals surface area (Å²) in [6, 6.07) is 1.74. The average molecular weight is 484 g/mol. The molecule has 0 N–H and O–H groups in total. The molecule has 33 heavy (non-hydrogen) atoms. The van der Waals surface area contributed by atoms with E-state index >= 15 is 0 Å². The maximum Gasteiger partial charge on any atom is 0.420 e. The van der Waals surface area contributed by atoms with Gasteiger partial charge in [0.2, 0.25) is 0 Å². The van der Waals surface area contributed by atoms with Gasteiger partial charge in [-0.3, -0.25) is 0 Å². The molecule has 0 aromatic heterocycles. The third kappa shape index (κ3) is 6.47. The molecular weight excluding hydrogens is 454 g/mol. The van der Waals surface area contributed by atoms with Gasteiger partial charge in [-0.25, -0.2) is 0 Å². The zero-order valence-electron chi connectivity index (χ0n) is 18.7. The van der Waals surface area contributed by atoms with Gasteiger partial charge in [-0.15, -0.1) is 0 Å². The molecule has 0 atom stereocenters. The van der Waals surface area contributed by atoms with Gasteiger partial charge in [0.1, 0.15) is 22.6 Å². The van der Waals surface area contributed by atoms with Crippen molar-refractivity contribution in [2.75, 3.05) is 26.9 Å². The van der Waals surface area contributed by atoms with Crippen molar-refractivity contribution in [3.05, 3.63) is 23.3 Å². The van der Waals surface area contributed by atoms with Crippen molar-refractivity contribution in [2.24, 2.45) is 17.8 Å². The lowest BCUT2D eigenvalue weighted by Gasteiger charge is -2.37. The summed E-state index contributed by atoms with van der Waals surface area (Å²) in [5.41, 5.74) is -3.72. The number of hydrogen-bond acceptors (Lipinski definition) is 4. The van der Waals surface area contributed by atoms with E-state index in [-0.39, 0.29) is 24.7 Å². The van der Waals surface area contributed by atoms with E-state index in [4.69, 9.17) is 14.2 Å². The van der Waals surface area contributed by atoms with E-state index in [1.54, 1.807) is 0 Å². The molecule has 0 bridgehead atoms. The number of rotatable bonds is 7. The highest BCUT2D eigenvalue weighted by atomic mass is 19.4. The van der Waals surface area contributed by atoms with Gasteiger partial charge in [0.25, 0.3) is 0 Å². The summed E-state index contributed by atoms with van der Waals surface area (Å²) >= 11 is 0. The molecule has 3 rings (SSSR count). The van der Waals surface area contributed by atoms with Crippen molar-refractivity contribution < 1.29 is 45.3 Å². The van der Waals surface area contributed by atoms with Crippen LogP contribution in [0.1, 0.15) is 56.6 Å². The Kier molecular flexibility index (Phi) is 8.42. The van der Waals surface area contributed by atoms with Crippen molar-refractivity contribution in [2.45, 2.75) is 64.1 Å². The van der Waals surface area contributed by atoms with Crippen molar-refractivity contribution in [1.82, 2.24) is 0 Å². The first kappa shape index (κ1) is 25.9. The minimum atomic E-state index is -5.25. The fourth-order valence-corrected chi connectivity index (χ4v) is 4.66. The molecule has 1 aromatic carbocycles. The topological polar surface area (TPSA) is 36.9 Å². The molecule has 188 valence electrons. The number of halogens is 6. The van der Waals surface area contributed by atoms with E-state index in [0.717, 1.165) is 44.9 Å². The van der Waals surface area contributed by atoms with Crippen LogP contribution in [0.3, 0.4) is 0 Å². The molecule has 0 spiro atoms. The summed E-state index contributed by atoms with van der Waals surface area (Å²) in [5, 5.41) is 0. The molecule has 1 saturated heterocycles. The van der Waals surface area contributed by atoms with Gasteiger partial charge in [0.05, 0.1) is 26.9 Å². The summed E-state index contributed by atoms with van der Waals surface area (Å²) in [6.07, 6.45) is -5.76. The van der Waals surface area contributed by atoms with Gasteiger partial charge in [0.15, 0.2) is 6.29 Å². The van der Waals surface area contributed by atoms with E-state index < -0.39 is 35.0 Å². The Labute approximate surface area is 189 Å². The van der Waals surface area contributed by atoms with Crippen LogP contribution < -0.4 is 9.47 Å². The first-order valence-electron chi connectivity index (χ1n) is 11.3. The highest BCUT2D eigenvalue weighted by molar-refractivity contribution is 5.52. The number of hydrogen-bond donors (Lipinski definition) is 0. The first-order chi connectivity index (χ1) is 15.5. The van der Waals surface area contributed by atoms with Crippen molar-refractivity contribution >= 4 is 0 Å². The molecule has 1 aliphatic heterocycles. The highest BCUT2D eigenvalue weighted by Crippen LogP contribution is 2.49. The zero-order valence-corrected chi connectivity index (χ0v) is 18.7. The van der Waals surface area contributed by atoms with Gasteiger partial charge in [0, 0.05) is 11.8 Å². The van der Waals surface area contributed by atoms with Crippen molar-refractivity contribution in [3.8, 4) is 11.5 Å². The molecule has 1 aromatic rings. The summed E-state index contributed by atoms with van der Waals surface area (Å²) in [6.45, 7) is 3.36. The number of methoxy groups -OCH3 is 1. The molecule has 2 fully saturated rings. The van der Waals surface area contributed by atoms with E-state index in [1.165, 1.54) is 0 Å². The van der Waals surface area contributed by atoms with E-state index in [1.807, 2.05) is 0 Å². The maximum absolute atomic E-state index is 13.6. The quantitative estimate of drug-likeness (QED) is 0.403. The van der Waals surface area contributed by atoms with Crippen molar-refractivity contribution in [3.63, 3.8) is 0 Å². The predicted molar refractivity (Wildman–Crippen MR) is 108 cm³/mol. The van der Waals surface area contributed by atoms with Gasteiger partial charge in [-0.1, -0.05) is 13.3 Å². The monoisotopic (exact) mass is 484 g/mol. The summed E-state index contributed by atoms with van der Waals surface area (Å²) in [7, 11) is 0.896. The van der Waals surface area contributed by atoms with Gasteiger partial charge >= 0.3 is 12.4 Å². The summed E-state index contributed by atoms with van der Waals surface area (Å²) < 4.78 is 103. The Morgan fingerprint density at radius 3 is 1.91 bits per heavy atom. The molecule has 0 radical (unpaired) electrons. The van der Waals surface area contributed by atoms with Crippen LogP contribution in [-0.4, -0.2) is 33.2 Å². The van der Waals surface area contributed by atoms with Gasteiger partial charge in [-0.2, -0.15) is 26.3 Å². The van der Waals surface area contributed by atoms with E-state index in [9.17, 15) is 26.3 Å². The van der Waals surface area contributed by atoms with Crippen LogP contribution in [0, 0.1) is 17.8 Å². The molecule has 0 unspecified atom stereocenters. The van der Waals surface area contributed by atoms with E-state index in [2.05, 4.69) is 11.7 Å². The minimum Gasteiger partial charge on any atom is -0.496 e. The van der Waals surface area contributed by atoms with Crippen LogP contribution in [0.4, 0.5) is 26.3 Å². The van der Waals surface area contributed by atoms with E-state index in [0.29, 0.717) is 32.0 Å². The summed E-state index contributed by atoms with van der Waals surface area (Å²) in [5.74, 6) is -1.18. The standard InChI is InChI=1S/C23H30F6O4/c1-3-4-15-12-32-21(33-13-15)16-7-5-14(6-8-16)11-31-18-10-9-17(30-2)19(22(24,25)26)20(18)23(27,28)29/h9-10,14-16,21H,3-8,11-13H2,1-2H3. The zero-order chi connectivity index (χ0) is 24.2.